The van der Waals surface area contributed by atoms with Gasteiger partial charge in [0.05, 0.1) is 11.8 Å². The summed E-state index contributed by atoms with van der Waals surface area (Å²) in [5, 5.41) is 8.76. The topological polar surface area (TPSA) is 108 Å². The van der Waals surface area contributed by atoms with E-state index in [1.165, 1.54) is 9.21 Å². The fourth-order valence-electron chi connectivity index (χ4n) is 1.94. The van der Waals surface area contributed by atoms with Crippen LogP contribution in [0.25, 0.3) is 0 Å². The van der Waals surface area contributed by atoms with Crippen LogP contribution < -0.4 is 0 Å². The first-order valence-corrected chi connectivity index (χ1v) is 7.70. The normalized spacial score (nSPS) is 17.1. The zero-order chi connectivity index (χ0) is 14.9. The Balaban J connectivity index is 2.03. The summed E-state index contributed by atoms with van der Waals surface area (Å²) >= 11 is 0. The monoisotopic (exact) mass is 302 g/mol. The number of carboxylic acid groups (broad SMARTS) is 1. The van der Waals surface area contributed by atoms with E-state index in [1.807, 2.05) is 0 Å². The van der Waals surface area contributed by atoms with Crippen LogP contribution in [0.3, 0.4) is 0 Å². The van der Waals surface area contributed by atoms with E-state index in [2.05, 4.69) is 0 Å². The molecule has 0 bridgehead atoms. The molecule has 1 amide bonds. The molecule has 1 fully saturated rings. The van der Waals surface area contributed by atoms with Gasteiger partial charge in [0, 0.05) is 32.2 Å². The van der Waals surface area contributed by atoms with Crippen molar-refractivity contribution in [1.29, 1.82) is 0 Å². The average Bonchev–Trinajstić information content (AvgIpc) is 2.86. The molecule has 20 heavy (non-hydrogen) atoms. The van der Waals surface area contributed by atoms with Gasteiger partial charge in [0.15, 0.2) is 5.76 Å². The highest BCUT2D eigenvalue weighted by Crippen LogP contribution is 2.13. The number of sulfonamides is 1. The van der Waals surface area contributed by atoms with Gasteiger partial charge < -0.3 is 14.4 Å². The molecule has 0 atom stereocenters. The molecule has 2 heterocycles. The molecular weight excluding hydrogens is 288 g/mol. The SMILES string of the molecule is CS(=O)(=O)N1CCN(C(=O)c2cc(C(=O)O)co2)CC1. The molecule has 0 aromatic carbocycles. The second kappa shape index (κ2) is 5.25. The van der Waals surface area contributed by atoms with E-state index in [1.54, 1.807) is 0 Å². The van der Waals surface area contributed by atoms with Gasteiger partial charge in [-0.3, -0.25) is 4.79 Å². The standard InChI is InChI=1S/C11H14N2O6S/c1-20(17,18)13-4-2-12(3-5-13)10(14)9-6-8(7-19-9)11(15)16/h6-7H,2-5H2,1H3,(H,15,16). The molecule has 0 spiro atoms. The van der Waals surface area contributed by atoms with E-state index < -0.39 is 21.9 Å². The van der Waals surface area contributed by atoms with Crippen molar-refractivity contribution in [3.8, 4) is 0 Å². The van der Waals surface area contributed by atoms with Crippen molar-refractivity contribution >= 4 is 21.9 Å². The van der Waals surface area contributed by atoms with Gasteiger partial charge in [-0.1, -0.05) is 0 Å². The molecule has 8 nitrogen and oxygen atoms in total. The van der Waals surface area contributed by atoms with E-state index in [0.717, 1.165) is 18.6 Å². The second-order valence-corrected chi connectivity index (χ2v) is 6.44. The number of piperazine rings is 1. The van der Waals surface area contributed by atoms with E-state index in [9.17, 15) is 18.0 Å². The van der Waals surface area contributed by atoms with Gasteiger partial charge in [0.2, 0.25) is 10.0 Å². The van der Waals surface area contributed by atoms with Crippen molar-refractivity contribution in [3.05, 3.63) is 23.7 Å². The fourth-order valence-corrected chi connectivity index (χ4v) is 2.77. The van der Waals surface area contributed by atoms with Gasteiger partial charge in [-0.2, -0.15) is 4.31 Å². The smallest absolute Gasteiger partial charge is 0.338 e. The molecule has 1 aliphatic heterocycles. The molecule has 0 aliphatic carbocycles. The Morgan fingerprint density at radius 3 is 2.30 bits per heavy atom. The number of hydrogen-bond donors (Lipinski definition) is 1. The molecule has 1 aromatic rings. The van der Waals surface area contributed by atoms with Crippen molar-refractivity contribution in [2.75, 3.05) is 32.4 Å². The molecule has 0 radical (unpaired) electrons. The van der Waals surface area contributed by atoms with E-state index in [-0.39, 0.29) is 37.5 Å². The molecule has 1 aromatic heterocycles. The minimum absolute atomic E-state index is 0.0600. The molecule has 2 rings (SSSR count). The summed E-state index contributed by atoms with van der Waals surface area (Å²) in [4.78, 5) is 24.2. The molecule has 0 unspecified atom stereocenters. The number of aromatic carboxylic acids is 1. The van der Waals surface area contributed by atoms with Crippen molar-refractivity contribution in [3.63, 3.8) is 0 Å². The molecule has 1 N–H and O–H groups in total. The van der Waals surface area contributed by atoms with Crippen molar-refractivity contribution < 1.29 is 27.5 Å². The summed E-state index contributed by atoms with van der Waals surface area (Å²) in [7, 11) is -3.25. The van der Waals surface area contributed by atoms with Crippen LogP contribution in [0.1, 0.15) is 20.9 Å². The van der Waals surface area contributed by atoms with Crippen molar-refractivity contribution in [2.24, 2.45) is 0 Å². The molecule has 9 heteroatoms. The first kappa shape index (κ1) is 14.5. The Morgan fingerprint density at radius 1 is 1.25 bits per heavy atom. The summed E-state index contributed by atoms with van der Waals surface area (Å²) in [5.74, 6) is -1.67. The number of carboxylic acids is 1. The molecule has 110 valence electrons. The summed E-state index contributed by atoms with van der Waals surface area (Å²) < 4.78 is 28.9. The lowest BCUT2D eigenvalue weighted by molar-refractivity contribution is 0.0664. The number of rotatable bonds is 3. The summed E-state index contributed by atoms with van der Waals surface area (Å²) in [5.41, 5.74) is -0.0943. The maximum absolute atomic E-state index is 12.1. The van der Waals surface area contributed by atoms with Gasteiger partial charge in [-0.05, 0) is 0 Å². The zero-order valence-electron chi connectivity index (χ0n) is 10.8. The third-order valence-corrected chi connectivity index (χ3v) is 4.36. The molecule has 1 saturated heterocycles. The largest absolute Gasteiger partial charge is 0.478 e. The average molecular weight is 302 g/mol. The lowest BCUT2D eigenvalue weighted by Crippen LogP contribution is -2.50. The van der Waals surface area contributed by atoms with Crippen LogP contribution in [0.15, 0.2) is 16.7 Å². The fraction of sp³-hybridized carbons (Fsp3) is 0.455. The number of carbonyl (C=O) groups is 2. The highest BCUT2D eigenvalue weighted by molar-refractivity contribution is 7.88. The minimum atomic E-state index is -3.25. The predicted octanol–water partition coefficient (Wildman–Crippen LogP) is -0.305. The maximum Gasteiger partial charge on any atom is 0.338 e. The summed E-state index contributed by atoms with van der Waals surface area (Å²) in [6.45, 7) is 0.929. The highest BCUT2D eigenvalue weighted by atomic mass is 32.2. The number of hydrogen-bond acceptors (Lipinski definition) is 5. The van der Waals surface area contributed by atoms with Gasteiger partial charge in [0.1, 0.15) is 6.26 Å². The minimum Gasteiger partial charge on any atom is -0.478 e. The van der Waals surface area contributed by atoms with Crippen molar-refractivity contribution in [1.82, 2.24) is 9.21 Å². The number of nitrogens with zero attached hydrogens (tertiary/aromatic N) is 2. The second-order valence-electron chi connectivity index (χ2n) is 4.46. The third kappa shape index (κ3) is 2.99. The van der Waals surface area contributed by atoms with Gasteiger partial charge in [-0.25, -0.2) is 13.2 Å². The van der Waals surface area contributed by atoms with Crippen LogP contribution in [-0.4, -0.2) is 67.0 Å². The third-order valence-electron chi connectivity index (χ3n) is 3.05. The first-order valence-electron chi connectivity index (χ1n) is 5.85. The van der Waals surface area contributed by atoms with Crippen LogP contribution in [0, 0.1) is 0 Å². The van der Waals surface area contributed by atoms with Gasteiger partial charge in [0.25, 0.3) is 5.91 Å². The number of carbonyl (C=O) groups excluding carboxylic acids is 1. The van der Waals surface area contributed by atoms with Crippen molar-refractivity contribution in [2.45, 2.75) is 0 Å². The van der Waals surface area contributed by atoms with Crippen LogP contribution in [0.5, 0.6) is 0 Å². The Bertz CT molecular complexity index is 627. The van der Waals surface area contributed by atoms with Crippen LogP contribution in [0.2, 0.25) is 0 Å². The zero-order valence-corrected chi connectivity index (χ0v) is 11.6. The highest BCUT2D eigenvalue weighted by Gasteiger charge is 2.28. The van der Waals surface area contributed by atoms with E-state index in [0.29, 0.717) is 0 Å². The first-order chi connectivity index (χ1) is 9.29. The number of amides is 1. The summed E-state index contributed by atoms with van der Waals surface area (Å²) in [6.07, 6.45) is 2.12. The van der Waals surface area contributed by atoms with Gasteiger partial charge in [-0.15, -0.1) is 0 Å². The quantitative estimate of drug-likeness (QED) is 0.821. The van der Waals surface area contributed by atoms with Crippen LogP contribution in [-0.2, 0) is 10.0 Å². The Morgan fingerprint density at radius 2 is 1.85 bits per heavy atom. The predicted molar refractivity (Wildman–Crippen MR) is 68.0 cm³/mol. The molecule has 1 aliphatic rings. The van der Waals surface area contributed by atoms with E-state index >= 15 is 0 Å². The maximum atomic E-state index is 12.1. The van der Waals surface area contributed by atoms with Crippen LogP contribution >= 0.6 is 0 Å². The van der Waals surface area contributed by atoms with E-state index in [4.69, 9.17) is 9.52 Å². The van der Waals surface area contributed by atoms with Gasteiger partial charge >= 0.3 is 5.97 Å². The van der Waals surface area contributed by atoms with Crippen LogP contribution in [0.4, 0.5) is 0 Å². The Kier molecular flexibility index (Phi) is 3.82. The lowest BCUT2D eigenvalue weighted by atomic mass is 10.2. The molecular formula is C11H14N2O6S. The summed E-state index contributed by atoms with van der Waals surface area (Å²) in [6, 6.07) is 1.16. The Labute approximate surface area is 115 Å². The molecule has 0 saturated carbocycles. The lowest BCUT2D eigenvalue weighted by Gasteiger charge is -2.32. The Hall–Kier alpha value is -1.87. The number of furan rings is 1.